The van der Waals surface area contributed by atoms with Crippen molar-refractivity contribution < 1.29 is 0 Å². The lowest BCUT2D eigenvalue weighted by molar-refractivity contribution is 1.15. The lowest BCUT2D eigenvalue weighted by atomic mass is 10.0. The minimum atomic E-state index is 0.592. The second-order valence-corrected chi connectivity index (χ2v) is 23.3. The molecule has 0 unspecified atom stereocenters. The van der Waals surface area contributed by atoms with Gasteiger partial charge in [0.2, 0.25) is 0 Å². The van der Waals surface area contributed by atoms with Crippen LogP contribution in [0.2, 0.25) is 0 Å². The fourth-order valence-electron chi connectivity index (χ4n) is 14.0. The Hall–Kier alpha value is -12.4. The summed E-state index contributed by atoms with van der Waals surface area (Å²) in [5, 5.41) is 19.4. The highest BCUT2D eigenvalue weighted by Crippen LogP contribution is 2.42. The van der Waals surface area contributed by atoms with E-state index in [1.165, 1.54) is 65.2 Å². The number of aromatic nitrogens is 6. The van der Waals surface area contributed by atoms with Gasteiger partial charge < -0.3 is 18.3 Å². The zero-order valence-electron chi connectivity index (χ0n) is 48.6. The molecular weight excluding hydrogens is 1090 g/mol. The molecule has 5 aromatic heterocycles. The molecular formula is C83H51N7. The number of benzene rings is 13. The lowest BCUT2D eigenvalue weighted by Crippen LogP contribution is -1.99. The van der Waals surface area contributed by atoms with Crippen LogP contribution in [0.1, 0.15) is 5.56 Å². The third-order valence-corrected chi connectivity index (χ3v) is 18.2. The van der Waals surface area contributed by atoms with Gasteiger partial charge >= 0.3 is 0 Å². The fourth-order valence-corrected chi connectivity index (χ4v) is 14.0. The maximum absolute atomic E-state index is 9.77. The molecule has 0 radical (unpaired) electrons. The molecule has 5 heterocycles. The Labute approximate surface area is 517 Å². The zero-order chi connectivity index (χ0) is 59.4. The van der Waals surface area contributed by atoms with Crippen molar-refractivity contribution in [1.29, 1.82) is 5.26 Å². The van der Waals surface area contributed by atoms with Crippen molar-refractivity contribution in [3.05, 3.63) is 315 Å². The summed E-state index contributed by atoms with van der Waals surface area (Å²) < 4.78 is 9.49. The SMILES string of the molecule is N#Cc1ccc(-c2cc(-c3ccc(-n4c5ccccc5c5cc(-c6ccc7c8ccccc8n(-c8ccccc8)c7c6)ccc54)cc3)nc(-c3cccc(-n4c5ccccc5c5cc(-c6ccc7c8ccccc8n(-c8ccccc8)c7c6)ccc54)c3)n2)cc1. The fraction of sp³-hybridized carbons (Fsp3) is 0. The summed E-state index contributed by atoms with van der Waals surface area (Å²) in [6.07, 6.45) is 0. The topological polar surface area (TPSA) is 69.3 Å². The molecule has 0 saturated carbocycles. The normalized spacial score (nSPS) is 11.8. The first-order valence-electron chi connectivity index (χ1n) is 30.4. The summed E-state index contributed by atoms with van der Waals surface area (Å²) in [5.41, 5.74) is 23.1. The minimum absolute atomic E-state index is 0.592. The third-order valence-electron chi connectivity index (χ3n) is 18.2. The summed E-state index contributed by atoms with van der Waals surface area (Å²) in [6.45, 7) is 0. The van der Waals surface area contributed by atoms with E-state index in [0.717, 1.165) is 95.1 Å². The maximum Gasteiger partial charge on any atom is 0.160 e. The standard InChI is InChI=1S/C83H51N7/c84-52-53-30-32-54(33-31-53)73-51-74(55-34-40-63(41-35-55)87-77-28-13-9-24-67(77)71-47-56(38-44-79(71)87)58-36-42-69-65-22-7-11-26-75(65)88(81(69)49-58)61-17-3-1-4-18-61)86-83(85-73)60-16-15-21-64(46-60)90-78-29-14-10-25-68(78)72-48-57(39-45-80(72)90)59-37-43-70-66-23-8-12-27-76(66)89(82(70)50-59)62-19-5-2-6-20-62/h1-51H. The molecule has 0 fully saturated rings. The van der Waals surface area contributed by atoms with Crippen LogP contribution in [0.15, 0.2) is 309 Å². The van der Waals surface area contributed by atoms with Crippen LogP contribution >= 0.6 is 0 Å². The second-order valence-electron chi connectivity index (χ2n) is 23.3. The van der Waals surface area contributed by atoms with Gasteiger partial charge in [0, 0.05) is 82.5 Å². The van der Waals surface area contributed by atoms with E-state index in [1.54, 1.807) is 0 Å². The molecule has 0 saturated heterocycles. The quantitative estimate of drug-likeness (QED) is 0.145. The number of hydrogen-bond acceptors (Lipinski definition) is 3. The molecule has 0 aliphatic rings. The van der Waals surface area contributed by atoms with E-state index >= 15 is 0 Å². The van der Waals surface area contributed by atoms with Gasteiger partial charge in [0.05, 0.1) is 67.2 Å². The maximum atomic E-state index is 9.77. The van der Waals surface area contributed by atoms with E-state index in [0.29, 0.717) is 11.4 Å². The first-order chi connectivity index (χ1) is 44.6. The number of rotatable bonds is 9. The van der Waals surface area contributed by atoms with Gasteiger partial charge in [-0.15, -0.1) is 0 Å². The molecule has 0 bridgehead atoms. The monoisotopic (exact) mass is 1150 g/mol. The molecule has 0 spiro atoms. The number of hydrogen-bond donors (Lipinski definition) is 0. The average molecular weight is 1150 g/mol. The van der Waals surface area contributed by atoms with Crippen molar-refractivity contribution in [1.82, 2.24) is 28.2 Å². The highest BCUT2D eigenvalue weighted by atomic mass is 15.0. The van der Waals surface area contributed by atoms with Crippen LogP contribution in [-0.4, -0.2) is 28.2 Å². The predicted molar refractivity (Wildman–Crippen MR) is 371 cm³/mol. The van der Waals surface area contributed by atoms with Crippen molar-refractivity contribution in [2.75, 3.05) is 0 Å². The summed E-state index contributed by atoms with van der Waals surface area (Å²) >= 11 is 0. The number of nitriles is 1. The molecule has 418 valence electrons. The summed E-state index contributed by atoms with van der Waals surface area (Å²) in [6, 6.07) is 113. The molecule has 7 heteroatoms. The molecule has 18 rings (SSSR count). The summed E-state index contributed by atoms with van der Waals surface area (Å²) in [4.78, 5) is 10.7. The van der Waals surface area contributed by atoms with Crippen molar-refractivity contribution in [3.8, 4) is 85.0 Å². The Bertz CT molecular complexity index is 5960. The van der Waals surface area contributed by atoms with Crippen molar-refractivity contribution in [2.24, 2.45) is 0 Å². The molecule has 0 atom stereocenters. The van der Waals surface area contributed by atoms with Crippen LogP contribution in [0.5, 0.6) is 0 Å². The Morgan fingerprint density at radius 3 is 1.04 bits per heavy atom. The minimum Gasteiger partial charge on any atom is -0.309 e. The van der Waals surface area contributed by atoms with Crippen molar-refractivity contribution in [2.45, 2.75) is 0 Å². The molecule has 0 N–H and O–H groups in total. The Balaban J connectivity index is 0.717. The van der Waals surface area contributed by atoms with E-state index in [-0.39, 0.29) is 0 Å². The van der Waals surface area contributed by atoms with Gasteiger partial charge in [0.1, 0.15) is 0 Å². The van der Waals surface area contributed by atoms with Gasteiger partial charge in [0.25, 0.3) is 0 Å². The van der Waals surface area contributed by atoms with Crippen LogP contribution in [0, 0.1) is 11.3 Å². The van der Waals surface area contributed by atoms with Gasteiger partial charge in [0.15, 0.2) is 5.82 Å². The van der Waals surface area contributed by atoms with E-state index in [9.17, 15) is 5.26 Å². The molecule has 0 aliphatic carbocycles. The Kier molecular flexibility index (Phi) is 11.5. The number of para-hydroxylation sites is 6. The Morgan fingerprint density at radius 1 is 0.222 bits per heavy atom. The van der Waals surface area contributed by atoms with Crippen LogP contribution in [0.25, 0.3) is 166 Å². The zero-order valence-corrected chi connectivity index (χ0v) is 48.6. The lowest BCUT2D eigenvalue weighted by Gasteiger charge is -2.13. The average Bonchev–Trinajstić information content (AvgIpc) is 1.64. The van der Waals surface area contributed by atoms with Crippen molar-refractivity contribution >= 4 is 87.2 Å². The van der Waals surface area contributed by atoms with E-state index < -0.39 is 0 Å². The van der Waals surface area contributed by atoms with E-state index in [2.05, 4.69) is 309 Å². The van der Waals surface area contributed by atoms with Crippen LogP contribution in [0.4, 0.5) is 0 Å². The first-order valence-corrected chi connectivity index (χ1v) is 30.4. The highest BCUT2D eigenvalue weighted by Gasteiger charge is 2.21. The smallest absolute Gasteiger partial charge is 0.160 e. The molecule has 13 aromatic carbocycles. The predicted octanol–water partition coefficient (Wildman–Crippen LogP) is 21.1. The summed E-state index contributed by atoms with van der Waals surface area (Å²) in [7, 11) is 0. The molecule has 7 nitrogen and oxygen atoms in total. The second kappa shape index (κ2) is 20.4. The highest BCUT2D eigenvalue weighted by molar-refractivity contribution is 6.14. The molecule has 0 amide bonds. The van der Waals surface area contributed by atoms with Crippen LogP contribution in [0.3, 0.4) is 0 Å². The Morgan fingerprint density at radius 2 is 0.567 bits per heavy atom. The first kappa shape index (κ1) is 50.9. The van der Waals surface area contributed by atoms with Crippen LogP contribution < -0.4 is 0 Å². The van der Waals surface area contributed by atoms with Gasteiger partial charge in [-0.25, -0.2) is 9.97 Å². The molecule has 90 heavy (non-hydrogen) atoms. The van der Waals surface area contributed by atoms with Crippen LogP contribution in [-0.2, 0) is 0 Å². The third kappa shape index (κ3) is 8.13. The van der Waals surface area contributed by atoms with Crippen molar-refractivity contribution in [3.63, 3.8) is 0 Å². The van der Waals surface area contributed by atoms with Gasteiger partial charge in [-0.05, 0) is 150 Å². The van der Waals surface area contributed by atoms with Gasteiger partial charge in [-0.1, -0.05) is 182 Å². The van der Waals surface area contributed by atoms with E-state index in [1.807, 2.05) is 24.3 Å². The largest absolute Gasteiger partial charge is 0.309 e. The molecule has 0 aliphatic heterocycles. The van der Waals surface area contributed by atoms with E-state index in [4.69, 9.17) is 9.97 Å². The number of fused-ring (bicyclic) bond motifs is 12. The van der Waals surface area contributed by atoms with Gasteiger partial charge in [-0.2, -0.15) is 5.26 Å². The summed E-state index contributed by atoms with van der Waals surface area (Å²) in [5.74, 6) is 0.600. The number of nitrogens with zero attached hydrogens (tertiary/aromatic N) is 7. The molecule has 18 aromatic rings. The van der Waals surface area contributed by atoms with Gasteiger partial charge in [-0.3, -0.25) is 0 Å².